The molecule has 0 radical (unpaired) electrons. The van der Waals surface area contributed by atoms with Gasteiger partial charge in [-0.1, -0.05) is 13.8 Å². The van der Waals surface area contributed by atoms with Crippen LogP contribution in [0.1, 0.15) is 40.5 Å². The third-order valence-electron chi connectivity index (χ3n) is 4.20. The van der Waals surface area contributed by atoms with Gasteiger partial charge in [0.2, 0.25) is 12.5 Å². The highest BCUT2D eigenvalue weighted by Crippen LogP contribution is 2.10. The molecule has 24 heavy (non-hydrogen) atoms. The molecule has 0 aliphatic rings. The Labute approximate surface area is 145 Å². The number of ether oxygens (including phenoxy) is 2. The summed E-state index contributed by atoms with van der Waals surface area (Å²) in [7, 11) is 3.44. The second-order valence-corrected chi connectivity index (χ2v) is 5.69. The van der Waals surface area contributed by atoms with Crippen molar-refractivity contribution in [1.82, 2.24) is 9.80 Å². The summed E-state index contributed by atoms with van der Waals surface area (Å²) < 4.78 is 10.1. The molecule has 6 nitrogen and oxygen atoms in total. The highest BCUT2D eigenvalue weighted by Gasteiger charge is 2.29. The fourth-order valence-corrected chi connectivity index (χ4v) is 1.81. The molecule has 0 heterocycles. The maximum absolute atomic E-state index is 11.9. The second-order valence-electron chi connectivity index (χ2n) is 5.69. The van der Waals surface area contributed by atoms with E-state index in [1.165, 1.54) is 0 Å². The van der Waals surface area contributed by atoms with E-state index in [9.17, 15) is 9.59 Å². The lowest BCUT2D eigenvalue weighted by Gasteiger charge is -2.29. The Balaban J connectivity index is 4.85. The first-order chi connectivity index (χ1) is 11.2. The predicted molar refractivity (Wildman–Crippen MR) is 92.5 cm³/mol. The fourth-order valence-electron chi connectivity index (χ4n) is 1.81. The number of terminal acetylenes is 2. The second kappa shape index (κ2) is 10.7. The minimum atomic E-state index is -1.16. The standard InChI is InChI=1S/C18H28N2O4/c1-9-13(5)19(7)15(11-3)23-17(21)18(22)24-16(12-4)20(8)14(6)10-2/h3-4,13-16H,9-10H2,1-2,5-8H3/t13?,14?,15-,16-/m1/s1. The van der Waals surface area contributed by atoms with Crippen molar-refractivity contribution < 1.29 is 19.1 Å². The summed E-state index contributed by atoms with van der Waals surface area (Å²) in [6.07, 6.45) is 10.5. The first-order valence-corrected chi connectivity index (χ1v) is 8.01. The van der Waals surface area contributed by atoms with Gasteiger partial charge >= 0.3 is 11.9 Å². The van der Waals surface area contributed by atoms with Crippen LogP contribution in [0.3, 0.4) is 0 Å². The SMILES string of the molecule is C#C[C@@H](OC(=O)C(=O)O[C@H](C#C)N(C)C(C)CC)N(C)C(C)CC. The lowest BCUT2D eigenvalue weighted by molar-refractivity contribution is -0.179. The molecule has 0 saturated carbocycles. The number of esters is 2. The van der Waals surface area contributed by atoms with Gasteiger partial charge < -0.3 is 9.47 Å². The van der Waals surface area contributed by atoms with Crippen LogP contribution in [0.2, 0.25) is 0 Å². The number of rotatable bonds is 8. The number of hydrogen-bond acceptors (Lipinski definition) is 6. The van der Waals surface area contributed by atoms with Crippen molar-refractivity contribution in [1.29, 1.82) is 0 Å². The van der Waals surface area contributed by atoms with E-state index in [4.69, 9.17) is 22.3 Å². The molecule has 2 unspecified atom stereocenters. The zero-order chi connectivity index (χ0) is 18.9. The molecule has 0 rings (SSSR count). The van der Waals surface area contributed by atoms with Crippen LogP contribution in [-0.2, 0) is 19.1 Å². The van der Waals surface area contributed by atoms with E-state index >= 15 is 0 Å². The lowest BCUT2D eigenvalue weighted by Crippen LogP contribution is -2.44. The van der Waals surface area contributed by atoms with Gasteiger partial charge in [0.05, 0.1) is 0 Å². The Morgan fingerprint density at radius 3 is 1.38 bits per heavy atom. The summed E-state index contributed by atoms with van der Waals surface area (Å²) in [5.41, 5.74) is 0. The van der Waals surface area contributed by atoms with Crippen molar-refractivity contribution in [2.45, 2.75) is 65.1 Å². The van der Waals surface area contributed by atoms with Crippen molar-refractivity contribution in [3.05, 3.63) is 0 Å². The van der Waals surface area contributed by atoms with Gasteiger partial charge in [0, 0.05) is 12.1 Å². The van der Waals surface area contributed by atoms with E-state index in [1.54, 1.807) is 23.9 Å². The lowest BCUT2D eigenvalue weighted by atomic mass is 10.2. The van der Waals surface area contributed by atoms with E-state index in [2.05, 4.69) is 11.8 Å². The van der Waals surface area contributed by atoms with Crippen molar-refractivity contribution >= 4 is 11.9 Å². The topological polar surface area (TPSA) is 59.1 Å². The first kappa shape index (κ1) is 22.0. The number of nitrogens with zero attached hydrogens (tertiary/aromatic N) is 2. The van der Waals surface area contributed by atoms with E-state index in [0.29, 0.717) is 0 Å². The van der Waals surface area contributed by atoms with Crippen LogP contribution in [0.4, 0.5) is 0 Å². The van der Waals surface area contributed by atoms with E-state index < -0.39 is 24.4 Å². The fraction of sp³-hybridized carbons (Fsp3) is 0.667. The predicted octanol–water partition coefficient (Wildman–Crippen LogP) is 1.45. The maximum Gasteiger partial charge on any atom is 0.419 e. The quantitative estimate of drug-likeness (QED) is 0.289. The Hall–Kier alpha value is -2.02. The van der Waals surface area contributed by atoms with Gasteiger partial charge in [0.1, 0.15) is 0 Å². The van der Waals surface area contributed by atoms with Crippen LogP contribution in [-0.4, -0.2) is 60.4 Å². The molecule has 0 N–H and O–H groups in total. The Kier molecular flexibility index (Phi) is 9.80. The van der Waals surface area contributed by atoms with Crippen LogP contribution >= 0.6 is 0 Å². The Morgan fingerprint density at radius 1 is 0.875 bits per heavy atom. The monoisotopic (exact) mass is 336 g/mol. The van der Waals surface area contributed by atoms with Gasteiger partial charge in [0.15, 0.2) is 0 Å². The molecule has 0 saturated heterocycles. The number of hydrogen-bond donors (Lipinski definition) is 0. The average Bonchev–Trinajstić information content (AvgIpc) is 2.60. The molecule has 0 spiro atoms. The minimum Gasteiger partial charge on any atom is -0.426 e. The largest absolute Gasteiger partial charge is 0.426 e. The van der Waals surface area contributed by atoms with E-state index in [1.807, 2.05) is 27.7 Å². The summed E-state index contributed by atoms with van der Waals surface area (Å²) >= 11 is 0. The van der Waals surface area contributed by atoms with Gasteiger partial charge in [-0.25, -0.2) is 9.59 Å². The number of carbonyl (C=O) groups is 2. The molecular weight excluding hydrogens is 308 g/mol. The van der Waals surface area contributed by atoms with E-state index in [-0.39, 0.29) is 12.1 Å². The zero-order valence-corrected chi connectivity index (χ0v) is 15.4. The summed E-state index contributed by atoms with van der Waals surface area (Å²) in [5, 5.41) is 0. The third-order valence-corrected chi connectivity index (χ3v) is 4.20. The molecular formula is C18H28N2O4. The van der Waals surface area contributed by atoms with Gasteiger partial charge in [0.25, 0.3) is 0 Å². The smallest absolute Gasteiger partial charge is 0.419 e. The van der Waals surface area contributed by atoms with Crippen LogP contribution in [0.15, 0.2) is 0 Å². The summed E-state index contributed by atoms with van der Waals surface area (Å²) in [4.78, 5) is 27.2. The molecule has 134 valence electrons. The van der Waals surface area contributed by atoms with Crippen molar-refractivity contribution in [3.63, 3.8) is 0 Å². The van der Waals surface area contributed by atoms with Gasteiger partial charge in [-0.05, 0) is 52.6 Å². The molecule has 0 aromatic heterocycles. The highest BCUT2D eigenvalue weighted by molar-refractivity contribution is 6.29. The average molecular weight is 336 g/mol. The molecule has 4 atom stereocenters. The van der Waals surface area contributed by atoms with E-state index in [0.717, 1.165) is 12.8 Å². The Bertz CT molecular complexity index is 460. The summed E-state index contributed by atoms with van der Waals surface area (Å²) in [6.45, 7) is 7.83. The highest BCUT2D eigenvalue weighted by atomic mass is 16.6. The van der Waals surface area contributed by atoms with Crippen LogP contribution in [0, 0.1) is 24.7 Å². The van der Waals surface area contributed by atoms with Crippen LogP contribution < -0.4 is 0 Å². The molecule has 0 amide bonds. The maximum atomic E-state index is 11.9. The molecule has 0 bridgehead atoms. The van der Waals surface area contributed by atoms with Gasteiger partial charge in [-0.15, -0.1) is 12.8 Å². The van der Waals surface area contributed by atoms with Crippen molar-refractivity contribution in [2.24, 2.45) is 0 Å². The first-order valence-electron chi connectivity index (χ1n) is 8.01. The normalized spacial score (nSPS) is 15.8. The van der Waals surface area contributed by atoms with Crippen LogP contribution in [0.25, 0.3) is 0 Å². The van der Waals surface area contributed by atoms with Crippen molar-refractivity contribution in [2.75, 3.05) is 14.1 Å². The summed E-state index contributed by atoms with van der Waals surface area (Å²) in [5.74, 6) is 2.37. The molecule has 0 fully saturated rings. The third kappa shape index (κ3) is 6.23. The van der Waals surface area contributed by atoms with Gasteiger partial charge in [-0.2, -0.15) is 0 Å². The zero-order valence-electron chi connectivity index (χ0n) is 15.4. The molecule has 6 heteroatoms. The molecule has 0 aliphatic heterocycles. The molecule has 0 aromatic rings. The van der Waals surface area contributed by atoms with Crippen molar-refractivity contribution in [3.8, 4) is 24.7 Å². The Morgan fingerprint density at radius 2 is 1.17 bits per heavy atom. The molecule has 0 aromatic carbocycles. The summed E-state index contributed by atoms with van der Waals surface area (Å²) in [6, 6.07) is 0.176. The minimum absolute atomic E-state index is 0.0878. The van der Waals surface area contributed by atoms with Crippen LogP contribution in [0.5, 0.6) is 0 Å². The van der Waals surface area contributed by atoms with Gasteiger partial charge in [-0.3, -0.25) is 9.80 Å². The number of carbonyl (C=O) groups excluding carboxylic acids is 2. The molecule has 0 aliphatic carbocycles.